The molecule has 0 bridgehead atoms. The van der Waals surface area contributed by atoms with Gasteiger partial charge in [-0.3, -0.25) is 9.59 Å². The van der Waals surface area contributed by atoms with E-state index in [1.54, 1.807) is 6.92 Å². The van der Waals surface area contributed by atoms with Crippen molar-refractivity contribution in [2.24, 2.45) is 5.92 Å². The second kappa shape index (κ2) is 4.70. The summed E-state index contributed by atoms with van der Waals surface area (Å²) in [5, 5.41) is 3.99. The van der Waals surface area contributed by atoms with Gasteiger partial charge in [0, 0.05) is 0 Å². The summed E-state index contributed by atoms with van der Waals surface area (Å²) in [6.45, 7) is 1.56. The van der Waals surface area contributed by atoms with Crippen molar-refractivity contribution in [2.75, 3.05) is 0 Å². The molecule has 0 radical (unpaired) electrons. The Morgan fingerprint density at radius 2 is 2.26 bits per heavy atom. The molecule has 0 saturated carbocycles. The lowest BCUT2D eigenvalue weighted by molar-refractivity contribution is 0.612. The third kappa shape index (κ3) is 2.23. The molecule has 2 aromatic heterocycles. The van der Waals surface area contributed by atoms with E-state index in [1.165, 1.54) is 15.9 Å². The van der Waals surface area contributed by atoms with Crippen molar-refractivity contribution >= 4 is 22.4 Å². The maximum absolute atomic E-state index is 12.2. The molecule has 0 aliphatic heterocycles. The van der Waals surface area contributed by atoms with Gasteiger partial charge in [0.05, 0.1) is 4.53 Å². The second-order valence-electron chi connectivity index (χ2n) is 4.68. The van der Waals surface area contributed by atoms with E-state index in [2.05, 4.69) is 22.2 Å². The van der Waals surface area contributed by atoms with Crippen LogP contribution in [0.3, 0.4) is 0 Å². The number of thiazole rings is 1. The number of aromatic nitrogens is 3. The van der Waals surface area contributed by atoms with Crippen molar-refractivity contribution in [3.05, 3.63) is 43.1 Å². The lowest BCUT2D eigenvalue weighted by Crippen LogP contribution is -2.27. The number of allylic oxidation sites excluding steroid dienone is 2. The number of aryl methyl sites for hydroxylation is 1. The van der Waals surface area contributed by atoms with E-state index < -0.39 is 0 Å². The van der Waals surface area contributed by atoms with Gasteiger partial charge in [0.25, 0.3) is 11.1 Å². The molecular weight excluding hydrogens is 262 g/mol. The van der Waals surface area contributed by atoms with Gasteiger partial charge in [0.2, 0.25) is 4.96 Å². The Bertz CT molecular complexity index is 819. The van der Waals surface area contributed by atoms with E-state index in [1.807, 2.05) is 6.08 Å². The number of hydrogen-bond acceptors (Lipinski definition) is 5. The van der Waals surface area contributed by atoms with Crippen molar-refractivity contribution in [1.29, 1.82) is 0 Å². The van der Waals surface area contributed by atoms with Gasteiger partial charge in [0.1, 0.15) is 5.69 Å². The molecule has 0 spiro atoms. The van der Waals surface area contributed by atoms with Gasteiger partial charge in [-0.1, -0.05) is 29.6 Å². The summed E-state index contributed by atoms with van der Waals surface area (Å²) in [6, 6.07) is 0. The van der Waals surface area contributed by atoms with Crippen molar-refractivity contribution in [2.45, 2.75) is 26.2 Å². The summed E-state index contributed by atoms with van der Waals surface area (Å²) in [4.78, 5) is 27.9. The molecule has 0 fully saturated rings. The first-order chi connectivity index (χ1) is 9.15. The molecule has 2 heterocycles. The zero-order valence-electron chi connectivity index (χ0n) is 10.5. The standard InChI is InChI=1S/C13H13N3O2S/c1-8-11(17)14-13-16(15-8)12(18)10(19-13)7-9-5-3-2-4-6-9/h2-3,7,9H,4-6H2,1H3. The highest BCUT2D eigenvalue weighted by molar-refractivity contribution is 7.14. The Balaban J connectivity index is 2.17. The zero-order chi connectivity index (χ0) is 13.4. The van der Waals surface area contributed by atoms with Crippen LogP contribution in [0.2, 0.25) is 0 Å². The maximum Gasteiger partial charge on any atom is 0.295 e. The molecule has 1 aliphatic rings. The molecule has 0 N–H and O–H groups in total. The van der Waals surface area contributed by atoms with E-state index >= 15 is 0 Å². The fourth-order valence-corrected chi connectivity index (χ4v) is 3.15. The molecule has 0 aromatic carbocycles. The summed E-state index contributed by atoms with van der Waals surface area (Å²) >= 11 is 1.24. The molecule has 1 aliphatic carbocycles. The minimum absolute atomic E-state index is 0.176. The summed E-state index contributed by atoms with van der Waals surface area (Å²) in [5.41, 5.74) is -0.293. The van der Waals surface area contributed by atoms with Crippen LogP contribution in [0.5, 0.6) is 0 Å². The van der Waals surface area contributed by atoms with Gasteiger partial charge in [0.15, 0.2) is 0 Å². The molecule has 2 aromatic rings. The van der Waals surface area contributed by atoms with E-state index in [0.29, 0.717) is 15.4 Å². The van der Waals surface area contributed by atoms with Crippen molar-refractivity contribution in [3.8, 4) is 0 Å². The number of nitrogens with zero attached hydrogens (tertiary/aromatic N) is 3. The third-order valence-electron chi connectivity index (χ3n) is 3.24. The summed E-state index contributed by atoms with van der Waals surface area (Å²) in [6.07, 6.45) is 9.37. The average molecular weight is 275 g/mol. The molecule has 0 saturated heterocycles. The van der Waals surface area contributed by atoms with Gasteiger partial charge in [-0.15, -0.1) is 0 Å². The van der Waals surface area contributed by atoms with Gasteiger partial charge >= 0.3 is 0 Å². The number of rotatable bonds is 1. The van der Waals surface area contributed by atoms with Crippen LogP contribution in [-0.2, 0) is 0 Å². The summed E-state index contributed by atoms with van der Waals surface area (Å²) in [7, 11) is 0. The Labute approximate surface area is 112 Å². The highest BCUT2D eigenvalue weighted by Gasteiger charge is 2.11. The predicted molar refractivity (Wildman–Crippen MR) is 74.3 cm³/mol. The molecule has 5 nitrogen and oxygen atoms in total. The topological polar surface area (TPSA) is 64.3 Å². The minimum atomic E-state index is -0.367. The van der Waals surface area contributed by atoms with Crippen LogP contribution in [0.4, 0.5) is 0 Å². The van der Waals surface area contributed by atoms with E-state index in [9.17, 15) is 9.59 Å². The molecule has 1 unspecified atom stereocenters. The number of hydrogen-bond donors (Lipinski definition) is 0. The predicted octanol–water partition coefficient (Wildman–Crippen LogP) is 0.675. The van der Waals surface area contributed by atoms with Crippen LogP contribution in [0.15, 0.2) is 21.7 Å². The second-order valence-corrected chi connectivity index (χ2v) is 5.69. The average Bonchev–Trinajstić information content (AvgIpc) is 2.69. The van der Waals surface area contributed by atoms with Crippen molar-refractivity contribution in [1.82, 2.24) is 14.6 Å². The van der Waals surface area contributed by atoms with Crippen LogP contribution in [-0.4, -0.2) is 14.6 Å². The first-order valence-corrected chi connectivity index (χ1v) is 7.04. The molecule has 3 rings (SSSR count). The third-order valence-corrected chi connectivity index (χ3v) is 4.22. The van der Waals surface area contributed by atoms with Gasteiger partial charge in [-0.25, -0.2) is 0 Å². The van der Waals surface area contributed by atoms with Crippen LogP contribution in [0, 0.1) is 12.8 Å². The summed E-state index contributed by atoms with van der Waals surface area (Å²) < 4.78 is 1.86. The molecule has 19 heavy (non-hydrogen) atoms. The first kappa shape index (κ1) is 12.2. The fourth-order valence-electron chi connectivity index (χ4n) is 2.18. The highest BCUT2D eigenvalue weighted by Crippen LogP contribution is 2.19. The van der Waals surface area contributed by atoms with E-state index in [0.717, 1.165) is 19.3 Å². The van der Waals surface area contributed by atoms with Gasteiger partial charge in [-0.05, 0) is 32.1 Å². The smallest absolute Gasteiger partial charge is 0.266 e. The normalized spacial score (nSPS) is 20.3. The molecule has 1 atom stereocenters. The monoisotopic (exact) mass is 275 g/mol. The number of fused-ring (bicyclic) bond motifs is 1. The molecule has 98 valence electrons. The first-order valence-electron chi connectivity index (χ1n) is 6.22. The minimum Gasteiger partial charge on any atom is -0.266 e. The molecule has 6 heteroatoms. The molecular formula is C13H13N3O2S. The molecule has 0 amide bonds. The van der Waals surface area contributed by atoms with Crippen molar-refractivity contribution < 1.29 is 0 Å². The largest absolute Gasteiger partial charge is 0.295 e. The zero-order valence-corrected chi connectivity index (χ0v) is 11.3. The Morgan fingerprint density at radius 3 is 3.00 bits per heavy atom. The van der Waals surface area contributed by atoms with Crippen LogP contribution >= 0.6 is 11.3 Å². The lowest BCUT2D eigenvalue weighted by atomic mass is 9.94. The Kier molecular flexibility index (Phi) is 3.02. The quantitative estimate of drug-likeness (QED) is 0.718. The Morgan fingerprint density at radius 1 is 1.42 bits per heavy atom. The van der Waals surface area contributed by atoms with Crippen LogP contribution < -0.4 is 15.7 Å². The van der Waals surface area contributed by atoms with Gasteiger partial charge in [-0.2, -0.15) is 14.6 Å². The lowest BCUT2D eigenvalue weighted by Gasteiger charge is -2.11. The summed E-state index contributed by atoms with van der Waals surface area (Å²) in [5.74, 6) is 0.388. The highest BCUT2D eigenvalue weighted by atomic mass is 32.1. The van der Waals surface area contributed by atoms with Gasteiger partial charge < -0.3 is 0 Å². The Hall–Kier alpha value is -1.82. The van der Waals surface area contributed by atoms with Crippen LogP contribution in [0.25, 0.3) is 11.0 Å². The van der Waals surface area contributed by atoms with E-state index in [4.69, 9.17) is 0 Å². The van der Waals surface area contributed by atoms with E-state index in [-0.39, 0.29) is 16.8 Å². The fraction of sp³-hybridized carbons (Fsp3) is 0.385. The maximum atomic E-state index is 12.2. The van der Waals surface area contributed by atoms with Crippen molar-refractivity contribution in [3.63, 3.8) is 0 Å². The SMILES string of the molecule is Cc1nn2c(=O)c(=CC3CC=CCC3)sc2nc1=O. The van der Waals surface area contributed by atoms with Crippen LogP contribution in [0.1, 0.15) is 25.0 Å².